The van der Waals surface area contributed by atoms with Crippen molar-refractivity contribution in [1.29, 1.82) is 0 Å². The number of aryl methyl sites for hydroxylation is 1. The van der Waals surface area contributed by atoms with Gasteiger partial charge in [0, 0.05) is 23.7 Å². The lowest BCUT2D eigenvalue weighted by molar-refractivity contribution is 0.0698. The number of rotatable bonds is 4. The van der Waals surface area contributed by atoms with E-state index in [-0.39, 0.29) is 24.1 Å². The monoisotopic (exact) mass is 374 g/mol. The number of nitrogens with zero attached hydrogens (tertiary/aromatic N) is 2. The summed E-state index contributed by atoms with van der Waals surface area (Å²) in [5.74, 6) is 0.189. The molecule has 1 aromatic carbocycles. The first kappa shape index (κ1) is 17.0. The molecule has 0 radical (unpaired) electrons. The van der Waals surface area contributed by atoms with Crippen LogP contribution < -0.4 is 0 Å². The molecule has 3 heterocycles. The number of fused-ring (bicyclic) bond motifs is 1. The molecule has 2 amide bonds. The first-order chi connectivity index (χ1) is 12.5. The van der Waals surface area contributed by atoms with E-state index in [4.69, 9.17) is 20.8 Å². The van der Waals surface area contributed by atoms with Crippen molar-refractivity contribution in [2.75, 3.05) is 19.6 Å². The van der Waals surface area contributed by atoms with Crippen molar-refractivity contribution in [3.05, 3.63) is 58.5 Å². The molecule has 0 saturated carbocycles. The fraction of sp³-hybridized carbons (Fsp3) is 0.368. The lowest BCUT2D eigenvalue weighted by Gasteiger charge is -2.22. The van der Waals surface area contributed by atoms with Gasteiger partial charge in [0.15, 0.2) is 5.76 Å². The zero-order chi connectivity index (χ0) is 18.3. The molecule has 0 spiro atoms. The Morgan fingerprint density at radius 1 is 1.31 bits per heavy atom. The summed E-state index contributed by atoms with van der Waals surface area (Å²) in [6.07, 6.45) is 1.59. The highest BCUT2D eigenvalue weighted by Gasteiger charge is 2.49. The predicted molar refractivity (Wildman–Crippen MR) is 95.3 cm³/mol. The van der Waals surface area contributed by atoms with Crippen LogP contribution in [0.25, 0.3) is 0 Å². The van der Waals surface area contributed by atoms with Gasteiger partial charge in [0.1, 0.15) is 6.10 Å². The number of likely N-dealkylation sites (tertiary alicyclic amines) is 1. The van der Waals surface area contributed by atoms with Crippen molar-refractivity contribution >= 4 is 23.6 Å². The zero-order valence-corrected chi connectivity index (χ0v) is 15.1. The fourth-order valence-electron chi connectivity index (χ4n) is 3.60. The highest BCUT2D eigenvalue weighted by Crippen LogP contribution is 2.28. The molecule has 136 valence electrons. The van der Waals surface area contributed by atoms with Gasteiger partial charge in [-0.2, -0.15) is 0 Å². The molecular formula is C19H19ClN2O4. The molecule has 4 rings (SSSR count). The maximum Gasteiger partial charge on any atom is 0.410 e. The topological polar surface area (TPSA) is 63.0 Å². The van der Waals surface area contributed by atoms with Crippen LogP contribution >= 0.6 is 11.6 Å². The molecule has 7 heteroatoms. The van der Waals surface area contributed by atoms with Crippen LogP contribution in [0.2, 0.25) is 5.02 Å². The normalized spacial score (nSPS) is 21.8. The summed E-state index contributed by atoms with van der Waals surface area (Å²) in [6.45, 7) is 3.21. The Bertz CT molecular complexity index is 850. The molecule has 2 aromatic rings. The van der Waals surface area contributed by atoms with Gasteiger partial charge >= 0.3 is 6.09 Å². The van der Waals surface area contributed by atoms with Crippen molar-refractivity contribution < 1.29 is 18.7 Å². The summed E-state index contributed by atoms with van der Waals surface area (Å²) < 4.78 is 10.8. The molecule has 0 N–H and O–H groups in total. The smallest absolute Gasteiger partial charge is 0.410 e. The Balaban J connectivity index is 1.43. The maximum atomic E-state index is 12.6. The second-order valence-corrected chi connectivity index (χ2v) is 7.14. The molecule has 0 unspecified atom stereocenters. The molecule has 0 aliphatic carbocycles. The molecular weight excluding hydrogens is 356 g/mol. The molecule has 2 aliphatic rings. The number of carbonyl (C=O) groups excluding carboxylic acids is 2. The highest BCUT2D eigenvalue weighted by atomic mass is 35.5. The zero-order valence-electron chi connectivity index (χ0n) is 14.4. The van der Waals surface area contributed by atoms with Gasteiger partial charge in [0.05, 0.1) is 18.8 Å². The third-order valence-electron chi connectivity index (χ3n) is 5.00. The summed E-state index contributed by atoms with van der Waals surface area (Å²) >= 11 is 6.02. The predicted octanol–water partition coefficient (Wildman–Crippen LogP) is 3.13. The molecule has 2 aliphatic heterocycles. The minimum atomic E-state index is -0.316. The van der Waals surface area contributed by atoms with Gasteiger partial charge in [-0.05, 0) is 37.1 Å². The number of furan rings is 1. The van der Waals surface area contributed by atoms with Crippen molar-refractivity contribution in [2.45, 2.75) is 25.5 Å². The van der Waals surface area contributed by atoms with Crippen LogP contribution in [0.4, 0.5) is 4.79 Å². The van der Waals surface area contributed by atoms with E-state index in [9.17, 15) is 9.59 Å². The van der Waals surface area contributed by atoms with E-state index in [2.05, 4.69) is 0 Å². The summed E-state index contributed by atoms with van der Waals surface area (Å²) in [5.41, 5.74) is 1.87. The number of hydrogen-bond acceptors (Lipinski definition) is 4. The van der Waals surface area contributed by atoms with Crippen molar-refractivity contribution in [3.63, 3.8) is 0 Å². The number of halogens is 1. The van der Waals surface area contributed by atoms with Crippen molar-refractivity contribution in [3.8, 4) is 0 Å². The van der Waals surface area contributed by atoms with Crippen LogP contribution in [0, 0.1) is 6.92 Å². The number of carbonyl (C=O) groups is 2. The largest absolute Gasteiger partial charge is 0.459 e. The Morgan fingerprint density at radius 2 is 2.15 bits per heavy atom. The summed E-state index contributed by atoms with van der Waals surface area (Å²) in [4.78, 5) is 28.2. The minimum Gasteiger partial charge on any atom is -0.459 e. The van der Waals surface area contributed by atoms with E-state index >= 15 is 0 Å². The number of benzene rings is 1. The minimum absolute atomic E-state index is 0.124. The standard InChI is InChI=1S/C19H19ClN2O4/c1-12-6-8-25-17(12)18(23)21-10-15-16(11-21)26-19(24)22(15)7-5-13-3-2-4-14(20)9-13/h2-4,6,8-9,15-16H,5,7,10-11H2,1H3/t15-,16+/m1/s1. The molecule has 0 bridgehead atoms. The van der Waals surface area contributed by atoms with Crippen LogP contribution in [0.5, 0.6) is 0 Å². The first-order valence-corrected chi connectivity index (χ1v) is 8.96. The fourth-order valence-corrected chi connectivity index (χ4v) is 3.82. The molecule has 1 aromatic heterocycles. The molecule has 2 saturated heterocycles. The van der Waals surface area contributed by atoms with E-state index in [1.807, 2.05) is 31.2 Å². The Labute approximate surface area is 156 Å². The van der Waals surface area contributed by atoms with Crippen LogP contribution in [-0.4, -0.2) is 53.6 Å². The van der Waals surface area contributed by atoms with Gasteiger partial charge in [-0.3, -0.25) is 9.69 Å². The second-order valence-electron chi connectivity index (χ2n) is 6.71. The Morgan fingerprint density at radius 3 is 2.88 bits per heavy atom. The van der Waals surface area contributed by atoms with E-state index in [1.54, 1.807) is 15.9 Å². The number of ether oxygens (including phenoxy) is 1. The first-order valence-electron chi connectivity index (χ1n) is 8.58. The molecule has 2 fully saturated rings. The SMILES string of the molecule is Cc1ccoc1C(=O)N1C[C@@H]2OC(=O)N(CCc3cccc(Cl)c3)[C@@H]2C1. The van der Waals surface area contributed by atoms with Crippen LogP contribution in [0.1, 0.15) is 21.7 Å². The van der Waals surface area contributed by atoms with Crippen molar-refractivity contribution in [1.82, 2.24) is 9.80 Å². The summed E-state index contributed by atoms with van der Waals surface area (Å²) in [7, 11) is 0. The van der Waals surface area contributed by atoms with Crippen LogP contribution in [0.15, 0.2) is 41.0 Å². The Hall–Kier alpha value is -2.47. The highest BCUT2D eigenvalue weighted by molar-refractivity contribution is 6.30. The van der Waals surface area contributed by atoms with E-state index in [1.165, 1.54) is 6.26 Å². The van der Waals surface area contributed by atoms with Gasteiger partial charge in [-0.25, -0.2) is 4.79 Å². The molecule has 26 heavy (non-hydrogen) atoms. The van der Waals surface area contributed by atoms with E-state index in [0.29, 0.717) is 36.8 Å². The number of amides is 2. The van der Waals surface area contributed by atoms with Crippen LogP contribution in [-0.2, 0) is 11.2 Å². The van der Waals surface area contributed by atoms with Crippen LogP contribution in [0.3, 0.4) is 0 Å². The van der Waals surface area contributed by atoms with Gasteiger partial charge in [-0.15, -0.1) is 0 Å². The Kier molecular flexibility index (Phi) is 4.36. The average molecular weight is 375 g/mol. The maximum absolute atomic E-state index is 12.6. The number of hydrogen-bond donors (Lipinski definition) is 0. The quantitative estimate of drug-likeness (QED) is 0.824. The van der Waals surface area contributed by atoms with Gasteiger partial charge in [-0.1, -0.05) is 23.7 Å². The van der Waals surface area contributed by atoms with E-state index in [0.717, 1.165) is 11.1 Å². The second kappa shape index (κ2) is 6.68. The lowest BCUT2D eigenvalue weighted by atomic mass is 10.1. The van der Waals surface area contributed by atoms with E-state index < -0.39 is 0 Å². The third kappa shape index (κ3) is 3.05. The lowest BCUT2D eigenvalue weighted by Crippen LogP contribution is -2.40. The van der Waals surface area contributed by atoms with Crippen molar-refractivity contribution in [2.24, 2.45) is 0 Å². The summed E-state index contributed by atoms with van der Waals surface area (Å²) in [6, 6.07) is 9.23. The molecule has 6 nitrogen and oxygen atoms in total. The van der Waals surface area contributed by atoms with Gasteiger partial charge in [0.2, 0.25) is 0 Å². The third-order valence-corrected chi connectivity index (χ3v) is 5.23. The van der Waals surface area contributed by atoms with Gasteiger partial charge in [0.25, 0.3) is 5.91 Å². The summed E-state index contributed by atoms with van der Waals surface area (Å²) in [5, 5.41) is 0.677. The molecule has 2 atom stereocenters. The average Bonchev–Trinajstić information content (AvgIpc) is 3.27. The van der Waals surface area contributed by atoms with Gasteiger partial charge < -0.3 is 14.1 Å².